The van der Waals surface area contributed by atoms with Crippen molar-refractivity contribution in [2.24, 2.45) is 0 Å². The third-order valence-electron chi connectivity index (χ3n) is 3.99. The molecule has 0 aliphatic heterocycles. The minimum atomic E-state index is -0.141. The van der Waals surface area contributed by atoms with Gasteiger partial charge in [-0.3, -0.25) is 4.79 Å². The first-order valence-electron chi connectivity index (χ1n) is 7.19. The Kier molecular flexibility index (Phi) is 2.62. The topological polar surface area (TPSA) is 55.0 Å². The number of aromatic nitrogens is 2. The van der Waals surface area contributed by atoms with E-state index in [0.717, 1.165) is 37.3 Å². The molecule has 2 aliphatic carbocycles. The van der Waals surface area contributed by atoms with E-state index in [2.05, 4.69) is 22.1 Å². The lowest BCUT2D eigenvalue weighted by Crippen LogP contribution is -2.10. The average Bonchev–Trinajstić information content (AvgIpc) is 3.17. The fourth-order valence-corrected chi connectivity index (χ4v) is 2.79. The molecule has 2 aliphatic rings. The molecule has 1 aromatic heterocycles. The predicted octanol–water partition coefficient (Wildman–Crippen LogP) is 2.93. The Labute approximate surface area is 116 Å². The van der Waals surface area contributed by atoms with E-state index in [9.17, 15) is 4.79 Å². The zero-order valence-electron chi connectivity index (χ0n) is 11.2. The highest BCUT2D eigenvalue weighted by atomic mass is 16.5. The van der Waals surface area contributed by atoms with Gasteiger partial charge in [-0.15, -0.1) is 0 Å². The van der Waals surface area contributed by atoms with Crippen LogP contribution in [0.2, 0.25) is 0 Å². The lowest BCUT2D eigenvalue weighted by atomic mass is 10.1. The molecule has 1 fully saturated rings. The fraction of sp³-hybridized carbons (Fsp3) is 0.375. The van der Waals surface area contributed by atoms with E-state index < -0.39 is 0 Å². The monoisotopic (exact) mass is 268 g/mol. The van der Waals surface area contributed by atoms with E-state index in [1.54, 1.807) is 0 Å². The Bertz CT molecular complexity index is 717. The molecule has 0 radical (unpaired) electrons. The summed E-state index contributed by atoms with van der Waals surface area (Å²) < 4.78 is 5.77. The standard InChI is InChI=1S/C16H16N2O2/c19-14-9-15(18-16(17-14)11-4-5-11)20-13-7-6-10-2-1-3-12(10)8-13/h6-9,11H,1-5H2,(H,17,18,19). The summed E-state index contributed by atoms with van der Waals surface area (Å²) in [6.45, 7) is 0. The fourth-order valence-electron chi connectivity index (χ4n) is 2.79. The molecule has 4 rings (SSSR count). The van der Waals surface area contributed by atoms with Crippen LogP contribution < -0.4 is 10.3 Å². The van der Waals surface area contributed by atoms with Gasteiger partial charge in [-0.25, -0.2) is 0 Å². The van der Waals surface area contributed by atoms with Crippen LogP contribution in [0.1, 0.15) is 42.1 Å². The molecule has 1 saturated carbocycles. The van der Waals surface area contributed by atoms with Gasteiger partial charge in [-0.1, -0.05) is 6.07 Å². The van der Waals surface area contributed by atoms with Gasteiger partial charge in [0.15, 0.2) is 0 Å². The number of nitrogens with zero attached hydrogens (tertiary/aromatic N) is 1. The molecule has 1 aromatic carbocycles. The van der Waals surface area contributed by atoms with Crippen molar-refractivity contribution in [3.05, 3.63) is 51.6 Å². The van der Waals surface area contributed by atoms with Crippen LogP contribution in [-0.4, -0.2) is 9.97 Å². The molecule has 4 nitrogen and oxygen atoms in total. The van der Waals surface area contributed by atoms with Crippen molar-refractivity contribution in [3.63, 3.8) is 0 Å². The first-order valence-corrected chi connectivity index (χ1v) is 7.19. The number of ether oxygens (including phenoxy) is 1. The summed E-state index contributed by atoms with van der Waals surface area (Å²) in [7, 11) is 0. The third kappa shape index (κ3) is 2.22. The van der Waals surface area contributed by atoms with E-state index >= 15 is 0 Å². The molecule has 0 atom stereocenters. The predicted molar refractivity (Wildman–Crippen MR) is 75.4 cm³/mol. The van der Waals surface area contributed by atoms with Crippen LogP contribution in [0.3, 0.4) is 0 Å². The minimum absolute atomic E-state index is 0.141. The molecule has 0 amide bonds. The van der Waals surface area contributed by atoms with Gasteiger partial charge in [0.1, 0.15) is 11.6 Å². The summed E-state index contributed by atoms with van der Waals surface area (Å²) in [5.41, 5.74) is 2.63. The largest absolute Gasteiger partial charge is 0.439 e. The SMILES string of the molecule is O=c1cc(Oc2ccc3c(c2)CCC3)nc(C2CC2)[nH]1. The van der Waals surface area contributed by atoms with Crippen molar-refractivity contribution in [3.8, 4) is 11.6 Å². The second kappa shape index (κ2) is 4.47. The quantitative estimate of drug-likeness (QED) is 0.931. The first kappa shape index (κ1) is 11.7. The number of nitrogens with one attached hydrogen (secondary N) is 1. The summed E-state index contributed by atoms with van der Waals surface area (Å²) in [4.78, 5) is 18.8. The summed E-state index contributed by atoms with van der Waals surface area (Å²) in [6, 6.07) is 7.57. The van der Waals surface area contributed by atoms with Gasteiger partial charge in [0, 0.05) is 5.92 Å². The van der Waals surface area contributed by atoms with Gasteiger partial charge in [-0.05, 0) is 55.4 Å². The Morgan fingerprint density at radius 1 is 1.15 bits per heavy atom. The molecule has 0 bridgehead atoms. The van der Waals surface area contributed by atoms with Gasteiger partial charge in [0.2, 0.25) is 5.88 Å². The van der Waals surface area contributed by atoms with Crippen LogP contribution in [-0.2, 0) is 12.8 Å². The van der Waals surface area contributed by atoms with Crippen molar-refractivity contribution in [2.75, 3.05) is 0 Å². The number of aryl methyl sites for hydroxylation is 2. The molecule has 4 heteroatoms. The number of hydrogen-bond donors (Lipinski definition) is 1. The van der Waals surface area contributed by atoms with E-state index in [4.69, 9.17) is 4.74 Å². The molecule has 0 unspecified atom stereocenters. The van der Waals surface area contributed by atoms with E-state index in [-0.39, 0.29) is 5.56 Å². The summed E-state index contributed by atoms with van der Waals surface area (Å²) in [5.74, 6) is 2.33. The number of hydrogen-bond acceptors (Lipinski definition) is 3. The summed E-state index contributed by atoms with van der Waals surface area (Å²) >= 11 is 0. The highest BCUT2D eigenvalue weighted by Crippen LogP contribution is 2.38. The molecular weight excluding hydrogens is 252 g/mol. The maximum Gasteiger partial charge on any atom is 0.254 e. The maximum atomic E-state index is 11.6. The van der Waals surface area contributed by atoms with Gasteiger partial charge in [0.05, 0.1) is 6.07 Å². The highest BCUT2D eigenvalue weighted by molar-refractivity contribution is 5.39. The minimum Gasteiger partial charge on any atom is -0.439 e. The van der Waals surface area contributed by atoms with Gasteiger partial charge in [0.25, 0.3) is 5.56 Å². The molecular formula is C16H16N2O2. The first-order chi connectivity index (χ1) is 9.78. The number of rotatable bonds is 3. The molecule has 1 N–H and O–H groups in total. The van der Waals surface area contributed by atoms with Crippen LogP contribution >= 0.6 is 0 Å². The number of benzene rings is 1. The van der Waals surface area contributed by atoms with Crippen LogP contribution in [0.25, 0.3) is 0 Å². The van der Waals surface area contributed by atoms with Crippen LogP contribution in [0.15, 0.2) is 29.1 Å². The molecule has 20 heavy (non-hydrogen) atoms. The molecule has 0 spiro atoms. The van der Waals surface area contributed by atoms with Crippen LogP contribution in [0, 0.1) is 0 Å². The van der Waals surface area contributed by atoms with Gasteiger partial charge < -0.3 is 9.72 Å². The van der Waals surface area contributed by atoms with Crippen molar-refractivity contribution in [2.45, 2.75) is 38.0 Å². The average molecular weight is 268 g/mol. The van der Waals surface area contributed by atoms with Crippen LogP contribution in [0.4, 0.5) is 0 Å². The Morgan fingerprint density at radius 3 is 2.85 bits per heavy atom. The zero-order valence-corrected chi connectivity index (χ0v) is 11.2. The summed E-state index contributed by atoms with van der Waals surface area (Å²) in [5, 5.41) is 0. The number of aromatic amines is 1. The van der Waals surface area contributed by atoms with Crippen molar-refractivity contribution < 1.29 is 4.74 Å². The second-order valence-corrected chi connectivity index (χ2v) is 5.63. The zero-order chi connectivity index (χ0) is 13.5. The Morgan fingerprint density at radius 2 is 2.00 bits per heavy atom. The van der Waals surface area contributed by atoms with E-state index in [0.29, 0.717) is 11.8 Å². The van der Waals surface area contributed by atoms with E-state index in [1.807, 2.05) is 6.07 Å². The Hall–Kier alpha value is -2.10. The second-order valence-electron chi connectivity index (χ2n) is 5.63. The van der Waals surface area contributed by atoms with Crippen molar-refractivity contribution in [1.29, 1.82) is 0 Å². The van der Waals surface area contributed by atoms with Gasteiger partial charge in [-0.2, -0.15) is 4.98 Å². The molecule has 0 saturated heterocycles. The lowest BCUT2D eigenvalue weighted by Gasteiger charge is -2.07. The maximum absolute atomic E-state index is 11.6. The van der Waals surface area contributed by atoms with Crippen LogP contribution in [0.5, 0.6) is 11.6 Å². The van der Waals surface area contributed by atoms with Crippen molar-refractivity contribution in [1.82, 2.24) is 9.97 Å². The highest BCUT2D eigenvalue weighted by Gasteiger charge is 2.26. The number of H-pyrrole nitrogens is 1. The summed E-state index contributed by atoms with van der Waals surface area (Å²) in [6.07, 6.45) is 5.69. The molecule has 102 valence electrons. The van der Waals surface area contributed by atoms with Crippen molar-refractivity contribution >= 4 is 0 Å². The normalized spacial score (nSPS) is 17.0. The molecule has 2 aromatic rings. The van der Waals surface area contributed by atoms with E-state index in [1.165, 1.54) is 23.6 Å². The smallest absolute Gasteiger partial charge is 0.254 e. The molecule has 1 heterocycles. The van der Waals surface area contributed by atoms with Gasteiger partial charge >= 0.3 is 0 Å². The number of fused-ring (bicyclic) bond motifs is 1. The Balaban J connectivity index is 1.63. The third-order valence-corrected chi connectivity index (χ3v) is 3.99. The lowest BCUT2D eigenvalue weighted by molar-refractivity contribution is 0.457.